The summed E-state index contributed by atoms with van der Waals surface area (Å²) in [6.45, 7) is -0.735. The molecule has 0 bridgehead atoms. The van der Waals surface area contributed by atoms with Gasteiger partial charge in [-0.2, -0.15) is 0 Å². The predicted octanol–water partition coefficient (Wildman–Crippen LogP) is 0.0170. The Balaban J connectivity index is 1.64. The van der Waals surface area contributed by atoms with E-state index in [0.29, 0.717) is 35.7 Å². The minimum absolute atomic E-state index is 0.0605. The third-order valence-corrected chi connectivity index (χ3v) is 6.80. The summed E-state index contributed by atoms with van der Waals surface area (Å²) in [5, 5.41) is 59.6. The van der Waals surface area contributed by atoms with Crippen molar-refractivity contribution < 1.29 is 54.3 Å². The first kappa shape index (κ1) is 27.4. The molecule has 37 heavy (non-hydrogen) atoms. The number of hydrogen-bond donors (Lipinski definition) is 6. The molecule has 2 aromatic rings. The predicted molar refractivity (Wildman–Crippen MR) is 129 cm³/mol. The van der Waals surface area contributed by atoms with Gasteiger partial charge >= 0.3 is 0 Å². The Bertz CT molecular complexity index is 1060. The van der Waals surface area contributed by atoms with Crippen molar-refractivity contribution in [3.8, 4) is 23.0 Å². The van der Waals surface area contributed by atoms with E-state index in [1.54, 1.807) is 18.2 Å². The summed E-state index contributed by atoms with van der Waals surface area (Å²) in [6.07, 6.45) is -6.60. The summed E-state index contributed by atoms with van der Waals surface area (Å²) in [5.41, 5.74) is 2.37. The van der Waals surface area contributed by atoms with Crippen LogP contribution in [0.1, 0.15) is 35.1 Å². The van der Waals surface area contributed by atoms with Crippen molar-refractivity contribution in [3.63, 3.8) is 0 Å². The molecule has 2 aliphatic rings. The summed E-state index contributed by atoms with van der Waals surface area (Å²) in [7, 11) is 2.97. The molecule has 1 fully saturated rings. The lowest BCUT2D eigenvalue weighted by Crippen LogP contribution is -2.60. The quantitative estimate of drug-likeness (QED) is 0.249. The molecule has 1 saturated heterocycles. The Morgan fingerprint density at radius 3 is 2.24 bits per heavy atom. The van der Waals surface area contributed by atoms with Crippen LogP contribution in [-0.2, 0) is 11.2 Å². The van der Waals surface area contributed by atoms with E-state index in [-0.39, 0.29) is 19.0 Å². The standard InChI is InChI=1S/C26H34O11/c1-33-17-6-5-14(10-18(17)35-26-23(32)22(31)21(30)20(12-29)36-26)24-16(11-28)15-8-13(4-3-7-27)9-19(34-2)25(15)37-24/h5-6,8-10,16,20-24,26-32H,3-4,7,11-12H2,1-2H3/t16-,20+,21-,22-,23-,24+,26-/m1/s1. The van der Waals surface area contributed by atoms with Crippen LogP contribution in [0.4, 0.5) is 0 Å². The van der Waals surface area contributed by atoms with Gasteiger partial charge < -0.3 is 54.3 Å². The highest BCUT2D eigenvalue weighted by Crippen LogP contribution is 2.51. The second-order valence-electron chi connectivity index (χ2n) is 9.10. The fourth-order valence-electron chi connectivity index (χ4n) is 4.78. The van der Waals surface area contributed by atoms with Crippen LogP contribution in [0.3, 0.4) is 0 Å². The Kier molecular flexibility index (Phi) is 8.75. The zero-order valence-electron chi connectivity index (χ0n) is 20.7. The Labute approximate surface area is 214 Å². The van der Waals surface area contributed by atoms with E-state index in [0.717, 1.165) is 11.1 Å². The summed E-state index contributed by atoms with van der Waals surface area (Å²) in [5.74, 6) is 1.09. The first-order chi connectivity index (χ1) is 17.9. The maximum Gasteiger partial charge on any atom is 0.229 e. The van der Waals surface area contributed by atoms with Crippen molar-refractivity contribution in [2.24, 2.45) is 0 Å². The van der Waals surface area contributed by atoms with Gasteiger partial charge in [0.2, 0.25) is 6.29 Å². The van der Waals surface area contributed by atoms with Crippen LogP contribution in [0, 0.1) is 0 Å². The number of ether oxygens (including phenoxy) is 5. The SMILES string of the molecule is COc1ccc([C@@H]2Oc3c(OC)cc(CCCO)cc3[C@H]2CO)cc1O[C@@H]1O[C@@H](CO)[C@@H](O)[C@@H](O)[C@H]1O. The van der Waals surface area contributed by atoms with Crippen LogP contribution in [0.2, 0.25) is 0 Å². The molecule has 0 spiro atoms. The maximum absolute atomic E-state index is 10.4. The van der Waals surface area contributed by atoms with Gasteiger partial charge in [-0.3, -0.25) is 0 Å². The second kappa shape index (κ2) is 11.8. The van der Waals surface area contributed by atoms with Crippen molar-refractivity contribution in [1.82, 2.24) is 0 Å². The van der Waals surface area contributed by atoms with Gasteiger partial charge in [0.25, 0.3) is 0 Å². The van der Waals surface area contributed by atoms with Crippen LogP contribution < -0.4 is 18.9 Å². The van der Waals surface area contributed by atoms with Crippen LogP contribution >= 0.6 is 0 Å². The van der Waals surface area contributed by atoms with E-state index in [1.807, 2.05) is 12.1 Å². The third-order valence-electron chi connectivity index (χ3n) is 6.80. The summed E-state index contributed by atoms with van der Waals surface area (Å²) < 4.78 is 28.5. The molecule has 0 unspecified atom stereocenters. The molecule has 204 valence electrons. The van der Waals surface area contributed by atoms with E-state index in [4.69, 9.17) is 23.7 Å². The zero-order chi connectivity index (χ0) is 26.7. The summed E-state index contributed by atoms with van der Waals surface area (Å²) in [6, 6.07) is 8.83. The molecule has 0 aliphatic carbocycles. The van der Waals surface area contributed by atoms with Crippen molar-refractivity contribution in [3.05, 3.63) is 47.0 Å². The largest absolute Gasteiger partial charge is 0.493 e. The van der Waals surface area contributed by atoms with E-state index in [9.17, 15) is 30.6 Å². The molecule has 7 atom stereocenters. The highest BCUT2D eigenvalue weighted by atomic mass is 16.7. The van der Waals surface area contributed by atoms with Crippen molar-refractivity contribution in [2.75, 3.05) is 34.0 Å². The lowest BCUT2D eigenvalue weighted by molar-refractivity contribution is -0.277. The van der Waals surface area contributed by atoms with Gasteiger partial charge in [-0.25, -0.2) is 0 Å². The molecular weight excluding hydrogens is 488 g/mol. The molecule has 0 saturated carbocycles. The van der Waals surface area contributed by atoms with Crippen molar-refractivity contribution in [1.29, 1.82) is 0 Å². The second-order valence-corrected chi connectivity index (χ2v) is 9.10. The Hall–Kier alpha value is -2.64. The molecule has 2 heterocycles. The van der Waals surface area contributed by atoms with Crippen LogP contribution in [0.15, 0.2) is 30.3 Å². The molecular formula is C26H34O11. The van der Waals surface area contributed by atoms with Crippen LogP contribution in [0.5, 0.6) is 23.0 Å². The lowest BCUT2D eigenvalue weighted by Gasteiger charge is -2.39. The molecule has 0 radical (unpaired) electrons. The molecule has 2 aliphatic heterocycles. The van der Waals surface area contributed by atoms with E-state index >= 15 is 0 Å². The van der Waals surface area contributed by atoms with Crippen molar-refractivity contribution in [2.45, 2.75) is 55.6 Å². The Morgan fingerprint density at radius 2 is 1.59 bits per heavy atom. The maximum atomic E-state index is 10.4. The number of aliphatic hydroxyl groups is 6. The molecule has 2 aromatic carbocycles. The smallest absolute Gasteiger partial charge is 0.229 e. The van der Waals surface area contributed by atoms with Gasteiger partial charge in [0, 0.05) is 12.2 Å². The zero-order valence-corrected chi connectivity index (χ0v) is 20.7. The average molecular weight is 523 g/mol. The normalized spacial score (nSPS) is 28.9. The van der Waals surface area contributed by atoms with Gasteiger partial charge in [0.1, 0.15) is 30.5 Å². The van der Waals surface area contributed by atoms with Gasteiger partial charge in [-0.15, -0.1) is 0 Å². The van der Waals surface area contributed by atoms with Gasteiger partial charge in [0.05, 0.1) is 33.4 Å². The fourth-order valence-corrected chi connectivity index (χ4v) is 4.78. The van der Waals surface area contributed by atoms with E-state index in [2.05, 4.69) is 0 Å². The monoisotopic (exact) mass is 522 g/mol. The molecule has 0 amide bonds. The van der Waals surface area contributed by atoms with Crippen LogP contribution in [0.25, 0.3) is 0 Å². The average Bonchev–Trinajstić information content (AvgIpc) is 3.30. The first-order valence-corrected chi connectivity index (χ1v) is 12.1. The number of aryl methyl sites for hydroxylation is 1. The minimum Gasteiger partial charge on any atom is -0.493 e. The minimum atomic E-state index is -1.59. The van der Waals surface area contributed by atoms with Gasteiger partial charge in [-0.1, -0.05) is 12.1 Å². The summed E-state index contributed by atoms with van der Waals surface area (Å²) >= 11 is 0. The van der Waals surface area contributed by atoms with Crippen molar-refractivity contribution >= 4 is 0 Å². The number of hydrogen-bond acceptors (Lipinski definition) is 11. The molecule has 11 nitrogen and oxygen atoms in total. The first-order valence-electron chi connectivity index (χ1n) is 12.1. The topological polar surface area (TPSA) is 168 Å². The number of methoxy groups -OCH3 is 2. The molecule has 0 aromatic heterocycles. The number of benzene rings is 2. The highest BCUT2D eigenvalue weighted by Gasteiger charge is 2.45. The van der Waals surface area contributed by atoms with E-state index in [1.165, 1.54) is 14.2 Å². The number of fused-ring (bicyclic) bond motifs is 1. The number of aliphatic hydroxyl groups excluding tert-OH is 6. The Morgan fingerprint density at radius 1 is 0.838 bits per heavy atom. The van der Waals surface area contributed by atoms with Crippen LogP contribution in [-0.4, -0.2) is 95.4 Å². The van der Waals surface area contributed by atoms with E-state index < -0.39 is 49.3 Å². The molecule has 6 N–H and O–H groups in total. The fraction of sp³-hybridized carbons (Fsp3) is 0.538. The van der Waals surface area contributed by atoms with Gasteiger partial charge in [0.15, 0.2) is 23.0 Å². The highest BCUT2D eigenvalue weighted by molar-refractivity contribution is 5.56. The lowest BCUT2D eigenvalue weighted by atomic mass is 9.90. The van der Waals surface area contributed by atoms with Gasteiger partial charge in [-0.05, 0) is 42.2 Å². The number of rotatable bonds is 10. The summed E-state index contributed by atoms with van der Waals surface area (Å²) in [4.78, 5) is 0. The molecule has 11 heteroatoms. The molecule has 4 rings (SSSR count). The third kappa shape index (κ3) is 5.34.